The predicted molar refractivity (Wildman–Crippen MR) is 83.1 cm³/mol. The minimum Gasteiger partial charge on any atom is -0.352 e. The van der Waals surface area contributed by atoms with Crippen molar-refractivity contribution in [1.29, 1.82) is 0 Å². The Balaban J connectivity index is 2.67. The largest absolute Gasteiger partial charge is 0.352 e. The van der Waals surface area contributed by atoms with Crippen molar-refractivity contribution in [3.05, 3.63) is 29.8 Å². The van der Waals surface area contributed by atoms with Crippen LogP contribution in [-0.2, 0) is 25.9 Å². The molecular weight excluding hydrogens is 314 g/mol. The Bertz CT molecular complexity index is 498. The van der Waals surface area contributed by atoms with E-state index in [1.807, 2.05) is 13.8 Å². The lowest BCUT2D eigenvalue weighted by Crippen LogP contribution is -2.35. The summed E-state index contributed by atoms with van der Waals surface area (Å²) in [6.45, 7) is 4.65. The molecule has 7 heteroatoms. The minimum atomic E-state index is -3.57. The molecule has 5 nitrogen and oxygen atoms in total. The molecule has 120 valence electrons. The van der Waals surface area contributed by atoms with Gasteiger partial charge in [-0.3, -0.25) is 0 Å². The lowest BCUT2D eigenvalue weighted by Gasteiger charge is -2.17. The summed E-state index contributed by atoms with van der Waals surface area (Å²) in [5.41, 5.74) is 1.01. The van der Waals surface area contributed by atoms with Gasteiger partial charge in [0, 0.05) is 19.1 Å². The maximum Gasteiger partial charge on any atom is 0.240 e. The molecule has 0 amide bonds. The van der Waals surface area contributed by atoms with Crippen LogP contribution in [0.25, 0.3) is 0 Å². The number of alkyl halides is 1. The number of nitrogens with one attached hydrogen (secondary N) is 1. The third-order valence-electron chi connectivity index (χ3n) is 2.76. The van der Waals surface area contributed by atoms with Crippen molar-refractivity contribution in [1.82, 2.24) is 4.72 Å². The molecule has 0 aliphatic heterocycles. The number of sulfonamides is 1. The van der Waals surface area contributed by atoms with Crippen molar-refractivity contribution in [3.8, 4) is 0 Å². The van der Waals surface area contributed by atoms with Crippen LogP contribution in [0, 0.1) is 0 Å². The van der Waals surface area contributed by atoms with Crippen LogP contribution in [0.5, 0.6) is 0 Å². The van der Waals surface area contributed by atoms with E-state index in [-0.39, 0.29) is 11.4 Å². The summed E-state index contributed by atoms with van der Waals surface area (Å²) >= 11 is 5.65. The summed E-state index contributed by atoms with van der Waals surface area (Å²) in [6, 6.07) is 6.67. The lowest BCUT2D eigenvalue weighted by atomic mass is 10.2. The smallest absolute Gasteiger partial charge is 0.240 e. The fourth-order valence-electron chi connectivity index (χ4n) is 1.74. The summed E-state index contributed by atoms with van der Waals surface area (Å²) in [7, 11) is -3.57. The van der Waals surface area contributed by atoms with Crippen LogP contribution in [-0.4, -0.2) is 40.3 Å². The van der Waals surface area contributed by atoms with Crippen molar-refractivity contribution in [2.75, 3.05) is 25.6 Å². The number of halogens is 1. The van der Waals surface area contributed by atoms with Crippen molar-refractivity contribution in [2.24, 2.45) is 0 Å². The Morgan fingerprint density at radius 1 is 1.14 bits per heavy atom. The van der Waals surface area contributed by atoms with E-state index < -0.39 is 16.3 Å². The number of aryl methyl sites for hydroxylation is 1. The Kier molecular flexibility index (Phi) is 8.21. The van der Waals surface area contributed by atoms with Crippen LogP contribution in [0.1, 0.15) is 19.4 Å². The molecule has 1 rings (SSSR count). The molecule has 0 radical (unpaired) electrons. The molecule has 0 atom stereocenters. The second kappa shape index (κ2) is 9.38. The monoisotopic (exact) mass is 335 g/mol. The molecule has 1 aromatic rings. The Morgan fingerprint density at radius 3 is 2.19 bits per heavy atom. The highest BCUT2D eigenvalue weighted by molar-refractivity contribution is 7.89. The first-order chi connectivity index (χ1) is 10.0. The van der Waals surface area contributed by atoms with Gasteiger partial charge in [-0.25, -0.2) is 13.1 Å². The molecule has 0 saturated heterocycles. The van der Waals surface area contributed by atoms with Gasteiger partial charge < -0.3 is 9.47 Å². The number of hydrogen-bond donors (Lipinski definition) is 1. The highest BCUT2D eigenvalue weighted by Gasteiger charge is 2.17. The molecule has 1 aromatic carbocycles. The van der Waals surface area contributed by atoms with Crippen LogP contribution in [0.4, 0.5) is 0 Å². The molecule has 1 N–H and O–H groups in total. The third kappa shape index (κ3) is 6.32. The molecule has 0 aliphatic rings. The molecule has 0 aliphatic carbocycles. The SMILES string of the molecule is CCOC(CNS(=O)(=O)c1ccc(CCCl)cc1)OCC. The molecule has 0 spiro atoms. The van der Waals surface area contributed by atoms with E-state index in [1.165, 1.54) is 0 Å². The van der Waals surface area contributed by atoms with Crippen LogP contribution in [0.2, 0.25) is 0 Å². The summed E-state index contributed by atoms with van der Waals surface area (Å²) in [5, 5.41) is 0. The minimum absolute atomic E-state index is 0.0768. The maximum absolute atomic E-state index is 12.2. The summed E-state index contributed by atoms with van der Waals surface area (Å²) in [4.78, 5) is 0.215. The van der Waals surface area contributed by atoms with Gasteiger partial charge in [-0.1, -0.05) is 12.1 Å². The van der Waals surface area contributed by atoms with E-state index in [2.05, 4.69) is 4.72 Å². The van der Waals surface area contributed by atoms with Gasteiger partial charge in [0.2, 0.25) is 10.0 Å². The average Bonchev–Trinajstić information content (AvgIpc) is 2.46. The first kappa shape index (κ1) is 18.4. The number of benzene rings is 1. The van der Waals surface area contributed by atoms with E-state index in [0.29, 0.717) is 25.5 Å². The van der Waals surface area contributed by atoms with Gasteiger partial charge in [-0.05, 0) is 38.0 Å². The molecule has 0 heterocycles. The van der Waals surface area contributed by atoms with Gasteiger partial charge in [0.05, 0.1) is 11.4 Å². The van der Waals surface area contributed by atoms with Crippen molar-refractivity contribution in [2.45, 2.75) is 31.5 Å². The van der Waals surface area contributed by atoms with Crippen LogP contribution in [0.15, 0.2) is 29.2 Å². The van der Waals surface area contributed by atoms with Crippen LogP contribution < -0.4 is 4.72 Å². The fraction of sp³-hybridized carbons (Fsp3) is 0.571. The van der Waals surface area contributed by atoms with Gasteiger partial charge >= 0.3 is 0 Å². The average molecular weight is 336 g/mol. The Labute approximate surface area is 131 Å². The summed E-state index contributed by atoms with van der Waals surface area (Å²) < 4.78 is 37.4. The van der Waals surface area contributed by atoms with Crippen LogP contribution in [0.3, 0.4) is 0 Å². The normalized spacial score (nSPS) is 12.0. The van der Waals surface area contributed by atoms with Crippen molar-refractivity contribution < 1.29 is 17.9 Å². The number of rotatable bonds is 10. The Morgan fingerprint density at radius 2 is 1.71 bits per heavy atom. The zero-order valence-electron chi connectivity index (χ0n) is 12.3. The summed E-state index contributed by atoms with van der Waals surface area (Å²) in [5.74, 6) is 0.509. The standard InChI is InChI=1S/C14H22ClNO4S/c1-3-19-14(20-4-2)11-16-21(17,18)13-7-5-12(6-8-13)9-10-15/h5-8,14,16H,3-4,9-11H2,1-2H3. The molecular formula is C14H22ClNO4S. The molecule has 0 fully saturated rings. The van der Waals surface area contributed by atoms with Gasteiger partial charge in [0.15, 0.2) is 6.29 Å². The second-order valence-electron chi connectivity index (χ2n) is 4.28. The molecule has 0 saturated carbocycles. The van der Waals surface area contributed by atoms with E-state index in [1.54, 1.807) is 24.3 Å². The van der Waals surface area contributed by atoms with E-state index >= 15 is 0 Å². The van der Waals surface area contributed by atoms with Crippen LogP contribution >= 0.6 is 11.6 Å². The zero-order chi connectivity index (χ0) is 15.7. The Hall–Kier alpha value is -0.660. The topological polar surface area (TPSA) is 64.6 Å². The van der Waals surface area contributed by atoms with Crippen molar-refractivity contribution >= 4 is 21.6 Å². The van der Waals surface area contributed by atoms with E-state index in [4.69, 9.17) is 21.1 Å². The second-order valence-corrected chi connectivity index (χ2v) is 6.42. The highest BCUT2D eigenvalue weighted by Crippen LogP contribution is 2.11. The third-order valence-corrected chi connectivity index (χ3v) is 4.39. The lowest BCUT2D eigenvalue weighted by molar-refractivity contribution is -0.130. The first-order valence-corrected chi connectivity index (χ1v) is 8.93. The van der Waals surface area contributed by atoms with Gasteiger partial charge in [-0.2, -0.15) is 0 Å². The molecule has 0 bridgehead atoms. The molecule has 21 heavy (non-hydrogen) atoms. The molecule has 0 aromatic heterocycles. The predicted octanol–water partition coefficient (Wildman–Crippen LogP) is 2.15. The highest BCUT2D eigenvalue weighted by atomic mass is 35.5. The summed E-state index contributed by atoms with van der Waals surface area (Å²) in [6.07, 6.45) is 0.136. The van der Waals surface area contributed by atoms with E-state index in [0.717, 1.165) is 5.56 Å². The maximum atomic E-state index is 12.2. The quantitative estimate of drug-likeness (QED) is 0.525. The van der Waals surface area contributed by atoms with Gasteiger partial charge in [0.1, 0.15) is 0 Å². The van der Waals surface area contributed by atoms with Gasteiger partial charge in [-0.15, -0.1) is 11.6 Å². The fourth-order valence-corrected chi connectivity index (χ4v) is 2.98. The van der Waals surface area contributed by atoms with Crippen molar-refractivity contribution in [3.63, 3.8) is 0 Å². The zero-order valence-corrected chi connectivity index (χ0v) is 13.9. The van der Waals surface area contributed by atoms with Gasteiger partial charge in [0.25, 0.3) is 0 Å². The van der Waals surface area contributed by atoms with E-state index in [9.17, 15) is 8.42 Å². The number of hydrogen-bond acceptors (Lipinski definition) is 4. The first-order valence-electron chi connectivity index (χ1n) is 6.91. The molecule has 0 unspecified atom stereocenters. The number of ether oxygens (including phenoxy) is 2.